The Morgan fingerprint density at radius 3 is 2.79 bits per heavy atom. The maximum Gasteiger partial charge on any atom is 0.352 e. The van der Waals surface area contributed by atoms with Crippen LogP contribution in [0.1, 0.15) is 50.2 Å². The first-order valence-corrected chi connectivity index (χ1v) is 11.4. The van der Waals surface area contributed by atoms with E-state index in [9.17, 15) is 24.6 Å². The van der Waals surface area contributed by atoms with Crippen LogP contribution in [-0.2, 0) is 35.7 Å². The summed E-state index contributed by atoms with van der Waals surface area (Å²) in [4.78, 5) is 35.5. The summed E-state index contributed by atoms with van der Waals surface area (Å²) in [7, 11) is 0. The van der Waals surface area contributed by atoms with E-state index in [4.69, 9.17) is 25.1 Å². The smallest absolute Gasteiger partial charge is 0.352 e. The topological polar surface area (TPSA) is 166 Å². The molecule has 5 N–H and O–H groups in total. The van der Waals surface area contributed by atoms with Crippen molar-refractivity contribution in [3.8, 4) is 11.5 Å². The van der Waals surface area contributed by atoms with Crippen molar-refractivity contribution in [3.63, 3.8) is 0 Å². The lowest BCUT2D eigenvalue weighted by Crippen LogP contribution is -2.67. The van der Waals surface area contributed by atoms with Gasteiger partial charge < -0.3 is 35.3 Å². The van der Waals surface area contributed by atoms with Crippen LogP contribution >= 0.6 is 0 Å². The van der Waals surface area contributed by atoms with Gasteiger partial charge in [-0.15, -0.1) is 0 Å². The number of benzene rings is 1. The van der Waals surface area contributed by atoms with Crippen molar-refractivity contribution in [2.75, 3.05) is 0 Å². The average molecular weight is 473 g/mol. The van der Waals surface area contributed by atoms with Crippen molar-refractivity contribution in [1.29, 1.82) is 0 Å². The second kappa shape index (κ2) is 7.71. The van der Waals surface area contributed by atoms with Crippen LogP contribution < -0.4 is 10.5 Å². The predicted octanol–water partition coefficient (Wildman–Crippen LogP) is 1.04. The van der Waals surface area contributed by atoms with Gasteiger partial charge in [-0.1, -0.05) is 12.5 Å². The first kappa shape index (κ1) is 22.7. The van der Waals surface area contributed by atoms with Crippen LogP contribution in [0, 0.1) is 5.92 Å². The molecule has 0 amide bonds. The third kappa shape index (κ3) is 3.05. The largest absolute Gasteiger partial charge is 0.504 e. The Morgan fingerprint density at radius 1 is 1.29 bits per heavy atom. The van der Waals surface area contributed by atoms with E-state index in [2.05, 4.69) is 0 Å². The molecule has 10 nitrogen and oxygen atoms in total. The highest BCUT2D eigenvalue weighted by atomic mass is 16.6. The van der Waals surface area contributed by atoms with Crippen molar-refractivity contribution in [1.82, 2.24) is 0 Å². The molecule has 10 heteroatoms. The van der Waals surface area contributed by atoms with E-state index in [1.807, 2.05) is 6.07 Å². The first-order valence-electron chi connectivity index (χ1n) is 11.4. The van der Waals surface area contributed by atoms with Crippen LogP contribution in [0.25, 0.3) is 0 Å². The van der Waals surface area contributed by atoms with E-state index >= 15 is 0 Å². The third-order valence-corrected chi connectivity index (χ3v) is 7.80. The summed E-state index contributed by atoms with van der Waals surface area (Å²) in [5.41, 5.74) is 5.35. The van der Waals surface area contributed by atoms with Crippen molar-refractivity contribution in [3.05, 3.63) is 35.1 Å². The molecule has 182 valence electrons. The van der Waals surface area contributed by atoms with Crippen molar-refractivity contribution in [2.45, 2.75) is 74.7 Å². The predicted molar refractivity (Wildman–Crippen MR) is 115 cm³/mol. The quantitative estimate of drug-likeness (QED) is 0.439. The summed E-state index contributed by atoms with van der Waals surface area (Å²) >= 11 is 0. The van der Waals surface area contributed by atoms with Gasteiger partial charge >= 0.3 is 17.9 Å². The van der Waals surface area contributed by atoms with Crippen molar-refractivity contribution >= 4 is 17.9 Å². The van der Waals surface area contributed by atoms with E-state index in [-0.39, 0.29) is 23.8 Å². The number of carbonyl (C=O) groups is 3. The second-order valence-corrected chi connectivity index (χ2v) is 9.65. The fraction of sp³-hybridized carbons (Fsp3) is 0.542. The molecule has 2 bridgehead atoms. The number of nitrogens with two attached hydrogens (primary N) is 1. The number of carbonyl (C=O) groups excluding carboxylic acids is 2. The highest BCUT2D eigenvalue weighted by molar-refractivity contribution is 5.85. The maximum atomic E-state index is 12.8. The minimum absolute atomic E-state index is 0.0134. The highest BCUT2D eigenvalue weighted by Crippen LogP contribution is 2.67. The van der Waals surface area contributed by atoms with Crippen molar-refractivity contribution in [2.24, 2.45) is 11.7 Å². The number of ether oxygens (including phenoxy) is 3. The number of phenolic OH excluding ortho intramolecular Hbond substituents is 1. The van der Waals surface area contributed by atoms with Gasteiger partial charge in [0.05, 0.1) is 17.4 Å². The van der Waals surface area contributed by atoms with E-state index in [1.54, 1.807) is 12.1 Å². The number of rotatable bonds is 6. The lowest BCUT2D eigenvalue weighted by molar-refractivity contribution is -0.172. The van der Waals surface area contributed by atoms with Crippen LogP contribution in [0.4, 0.5) is 0 Å². The Morgan fingerprint density at radius 2 is 2.06 bits per heavy atom. The fourth-order valence-corrected chi connectivity index (χ4v) is 6.31. The van der Waals surface area contributed by atoms with E-state index in [0.717, 1.165) is 24.0 Å². The van der Waals surface area contributed by atoms with Crippen LogP contribution in [-0.4, -0.2) is 57.1 Å². The third-order valence-electron chi connectivity index (χ3n) is 7.80. The molecule has 1 fully saturated rings. The Bertz CT molecular complexity index is 1110. The Hall–Kier alpha value is -3.11. The van der Waals surface area contributed by atoms with Gasteiger partial charge in [-0.3, -0.25) is 9.59 Å². The summed E-state index contributed by atoms with van der Waals surface area (Å²) in [6.45, 7) is 1.30. The average Bonchev–Trinajstić information content (AvgIpc) is 3.12. The van der Waals surface area contributed by atoms with Crippen LogP contribution in [0.15, 0.2) is 24.0 Å². The molecule has 4 aliphatic rings. The lowest BCUT2D eigenvalue weighted by atomic mass is 9.47. The van der Waals surface area contributed by atoms with Crippen LogP contribution in [0.2, 0.25) is 0 Å². The SMILES string of the molecule is C[C@H](OC(=O)[C@@H](N)CC(=O)O)C(=O)OC1=CC[C@@]2(O)[C@@H]3CCCC24c2c(ccc(O)c2O[C@@H]14)C3. The normalized spacial score (nSPS) is 31.9. The minimum Gasteiger partial charge on any atom is -0.504 e. The number of carboxylic acids is 1. The Balaban J connectivity index is 1.41. The molecule has 0 radical (unpaired) electrons. The van der Waals surface area contributed by atoms with E-state index in [1.165, 1.54) is 6.92 Å². The molecule has 1 aromatic carbocycles. The first-order chi connectivity index (χ1) is 16.1. The molecule has 1 unspecified atom stereocenters. The monoisotopic (exact) mass is 473 g/mol. The number of aliphatic hydroxyl groups is 1. The molecular weight excluding hydrogens is 446 g/mol. The number of aromatic hydroxyl groups is 1. The molecule has 1 spiro atoms. The second-order valence-electron chi connectivity index (χ2n) is 9.65. The van der Waals surface area contributed by atoms with E-state index < -0.39 is 53.6 Å². The van der Waals surface area contributed by atoms with Gasteiger partial charge in [-0.05, 0) is 56.2 Å². The number of carboxylic acid groups (broad SMARTS) is 1. The zero-order valence-electron chi connectivity index (χ0n) is 18.7. The molecule has 0 saturated heterocycles. The molecular formula is C24H27NO9. The van der Waals surface area contributed by atoms with Crippen molar-refractivity contribution < 1.29 is 43.9 Å². The Labute approximate surface area is 195 Å². The molecule has 5 rings (SSSR count). The van der Waals surface area contributed by atoms with Crippen LogP contribution in [0.3, 0.4) is 0 Å². The summed E-state index contributed by atoms with van der Waals surface area (Å²) in [6.07, 6.45) is 2.12. The number of phenols is 1. The Kier molecular flexibility index (Phi) is 5.14. The highest BCUT2D eigenvalue weighted by Gasteiger charge is 2.70. The van der Waals surface area contributed by atoms with Gasteiger partial charge in [0.15, 0.2) is 23.7 Å². The summed E-state index contributed by atoms with van der Waals surface area (Å²) in [6, 6.07) is 2.04. The van der Waals surface area contributed by atoms with Gasteiger partial charge in [0, 0.05) is 5.56 Å². The molecule has 1 aromatic rings. The minimum atomic E-state index is -1.41. The summed E-state index contributed by atoms with van der Waals surface area (Å²) in [5.74, 6) is -2.69. The molecule has 34 heavy (non-hydrogen) atoms. The van der Waals surface area contributed by atoms with Crippen LogP contribution in [0.5, 0.6) is 11.5 Å². The molecule has 0 aromatic heterocycles. The zero-order valence-corrected chi connectivity index (χ0v) is 18.7. The number of aliphatic carboxylic acids is 1. The standard InChI is InChI=1S/C24H27NO9/c1-11(32-22(30)14(25)10-17(27)28)21(29)33-16-6-8-24(31)13-3-2-7-23(24)18-12(9-13)4-5-15(26)19(18)34-20(16)23/h4-6,11,13-14,20,26,31H,2-3,7-10,25H2,1H3,(H,27,28)/t11-,13+,14-,20-,23?,24+/m0/s1. The van der Waals surface area contributed by atoms with E-state index in [0.29, 0.717) is 18.6 Å². The molecule has 3 aliphatic carbocycles. The molecule has 1 saturated carbocycles. The van der Waals surface area contributed by atoms with Gasteiger partial charge in [-0.25, -0.2) is 4.79 Å². The number of esters is 2. The van der Waals surface area contributed by atoms with Gasteiger partial charge in [0.2, 0.25) is 0 Å². The lowest BCUT2D eigenvalue weighted by Gasteiger charge is -2.59. The summed E-state index contributed by atoms with van der Waals surface area (Å²) in [5, 5.41) is 31.2. The number of hydrogen-bond acceptors (Lipinski definition) is 9. The van der Waals surface area contributed by atoms with Gasteiger partial charge in [0.1, 0.15) is 11.8 Å². The van der Waals surface area contributed by atoms with Gasteiger partial charge in [0.25, 0.3) is 0 Å². The molecule has 1 aliphatic heterocycles. The summed E-state index contributed by atoms with van der Waals surface area (Å²) < 4.78 is 16.8. The zero-order chi connectivity index (χ0) is 24.4. The maximum absolute atomic E-state index is 12.8. The van der Waals surface area contributed by atoms with Gasteiger partial charge in [-0.2, -0.15) is 0 Å². The number of hydrogen-bond donors (Lipinski definition) is 4. The molecule has 1 heterocycles. The fourth-order valence-electron chi connectivity index (χ4n) is 6.31. The molecule has 6 atom stereocenters.